The fraction of sp³-hybridized carbons (Fsp3) is 0.192. The second-order valence-electron chi connectivity index (χ2n) is 7.94. The van der Waals surface area contributed by atoms with Crippen LogP contribution in [-0.4, -0.2) is 36.6 Å². The Labute approximate surface area is 190 Å². The fourth-order valence-corrected chi connectivity index (χ4v) is 4.12. The number of aliphatic hydroxyl groups is 1. The SMILES string of the molecule is CCCc1nc2c(C)ccc(C(O)c3ccc(-c4ccccc4C(=O)O)cc3)n2c1C(=O)O. The van der Waals surface area contributed by atoms with Crippen molar-refractivity contribution in [2.75, 3.05) is 0 Å². The number of rotatable bonds is 7. The molecule has 2 aromatic carbocycles. The van der Waals surface area contributed by atoms with Crippen molar-refractivity contribution >= 4 is 17.6 Å². The summed E-state index contributed by atoms with van der Waals surface area (Å²) in [4.78, 5) is 28.2. The van der Waals surface area contributed by atoms with Gasteiger partial charge < -0.3 is 15.3 Å². The second-order valence-corrected chi connectivity index (χ2v) is 7.94. The Kier molecular flexibility index (Phi) is 5.98. The van der Waals surface area contributed by atoms with E-state index in [1.165, 1.54) is 4.40 Å². The van der Waals surface area contributed by atoms with E-state index >= 15 is 0 Å². The van der Waals surface area contributed by atoms with E-state index in [2.05, 4.69) is 4.98 Å². The molecule has 0 radical (unpaired) electrons. The number of nitrogens with zero attached hydrogens (tertiary/aromatic N) is 2. The first-order valence-electron chi connectivity index (χ1n) is 10.7. The first-order chi connectivity index (χ1) is 15.8. The zero-order valence-electron chi connectivity index (χ0n) is 18.3. The van der Waals surface area contributed by atoms with Gasteiger partial charge in [0.1, 0.15) is 11.8 Å². The average Bonchev–Trinajstić information content (AvgIpc) is 3.19. The Balaban J connectivity index is 1.80. The summed E-state index contributed by atoms with van der Waals surface area (Å²) in [5.41, 5.74) is 4.33. The van der Waals surface area contributed by atoms with E-state index in [9.17, 15) is 24.9 Å². The Hall–Kier alpha value is -3.97. The monoisotopic (exact) mass is 444 g/mol. The molecule has 2 aromatic heterocycles. The van der Waals surface area contributed by atoms with Gasteiger partial charge in [-0.3, -0.25) is 4.40 Å². The molecule has 1 unspecified atom stereocenters. The lowest BCUT2D eigenvalue weighted by Crippen LogP contribution is -2.12. The van der Waals surface area contributed by atoms with Crippen molar-refractivity contribution in [2.45, 2.75) is 32.8 Å². The van der Waals surface area contributed by atoms with Crippen molar-refractivity contribution in [1.82, 2.24) is 9.38 Å². The third-order valence-electron chi connectivity index (χ3n) is 5.73. The van der Waals surface area contributed by atoms with Gasteiger partial charge in [0, 0.05) is 0 Å². The minimum absolute atomic E-state index is 0.0663. The van der Waals surface area contributed by atoms with Gasteiger partial charge in [0.25, 0.3) is 0 Å². The van der Waals surface area contributed by atoms with Crippen LogP contribution in [0.15, 0.2) is 60.7 Å². The predicted molar refractivity (Wildman–Crippen MR) is 124 cm³/mol. The van der Waals surface area contributed by atoms with Crippen molar-refractivity contribution in [2.24, 2.45) is 0 Å². The van der Waals surface area contributed by atoms with Gasteiger partial charge in [-0.05, 0) is 47.7 Å². The van der Waals surface area contributed by atoms with Gasteiger partial charge in [0.15, 0.2) is 5.69 Å². The number of carbonyl (C=O) groups is 2. The Morgan fingerprint density at radius 2 is 1.67 bits per heavy atom. The van der Waals surface area contributed by atoms with Gasteiger partial charge >= 0.3 is 11.9 Å². The van der Waals surface area contributed by atoms with Crippen LogP contribution < -0.4 is 0 Å². The number of aliphatic hydroxyl groups excluding tert-OH is 1. The lowest BCUT2D eigenvalue weighted by atomic mass is 9.97. The van der Waals surface area contributed by atoms with Gasteiger partial charge in [-0.1, -0.05) is 61.9 Å². The van der Waals surface area contributed by atoms with Crippen LogP contribution in [0.2, 0.25) is 0 Å². The first kappa shape index (κ1) is 22.2. The Bertz CT molecular complexity index is 1360. The molecule has 1 atom stereocenters. The number of carboxylic acid groups (broad SMARTS) is 2. The van der Waals surface area contributed by atoms with Crippen molar-refractivity contribution in [3.63, 3.8) is 0 Å². The Morgan fingerprint density at radius 1 is 0.970 bits per heavy atom. The molecular formula is C26H24N2O5. The maximum absolute atomic E-state index is 12.1. The normalized spacial score (nSPS) is 12.1. The molecule has 4 aromatic rings. The molecule has 168 valence electrons. The molecule has 0 spiro atoms. The van der Waals surface area contributed by atoms with Crippen LogP contribution in [0.5, 0.6) is 0 Å². The third kappa shape index (κ3) is 3.99. The minimum atomic E-state index is -1.10. The number of pyridine rings is 1. The molecule has 0 saturated carbocycles. The third-order valence-corrected chi connectivity index (χ3v) is 5.73. The van der Waals surface area contributed by atoms with Crippen molar-refractivity contribution < 1.29 is 24.9 Å². The van der Waals surface area contributed by atoms with E-state index in [1.807, 2.05) is 19.9 Å². The highest BCUT2D eigenvalue weighted by Gasteiger charge is 2.24. The molecular weight excluding hydrogens is 420 g/mol. The van der Waals surface area contributed by atoms with Crippen molar-refractivity contribution in [3.8, 4) is 11.1 Å². The van der Waals surface area contributed by atoms with Crippen LogP contribution in [0.3, 0.4) is 0 Å². The highest BCUT2D eigenvalue weighted by atomic mass is 16.4. The molecule has 0 aliphatic carbocycles. The minimum Gasteiger partial charge on any atom is -0.478 e. The van der Waals surface area contributed by atoms with Crippen LogP contribution >= 0.6 is 0 Å². The van der Waals surface area contributed by atoms with E-state index in [0.717, 1.165) is 12.0 Å². The molecule has 3 N–H and O–H groups in total. The van der Waals surface area contributed by atoms with Crippen LogP contribution in [0.4, 0.5) is 0 Å². The summed E-state index contributed by atoms with van der Waals surface area (Å²) in [6, 6.07) is 17.2. The van der Waals surface area contributed by atoms with Gasteiger partial charge in [-0.25, -0.2) is 14.6 Å². The summed E-state index contributed by atoms with van der Waals surface area (Å²) < 4.78 is 1.53. The van der Waals surface area contributed by atoms with Gasteiger partial charge in [0.05, 0.1) is 17.0 Å². The van der Waals surface area contributed by atoms with E-state index in [1.54, 1.807) is 54.6 Å². The summed E-state index contributed by atoms with van der Waals surface area (Å²) in [6.07, 6.45) is 0.176. The van der Waals surface area contributed by atoms with Gasteiger partial charge in [-0.15, -0.1) is 0 Å². The van der Waals surface area contributed by atoms with Gasteiger partial charge in [0.2, 0.25) is 0 Å². The number of hydrogen-bond acceptors (Lipinski definition) is 4. The summed E-state index contributed by atoms with van der Waals surface area (Å²) in [5, 5.41) is 30.5. The Morgan fingerprint density at radius 3 is 2.30 bits per heavy atom. The summed E-state index contributed by atoms with van der Waals surface area (Å²) >= 11 is 0. The quantitative estimate of drug-likeness (QED) is 0.380. The average molecular weight is 444 g/mol. The van der Waals surface area contributed by atoms with Crippen LogP contribution in [0, 0.1) is 6.92 Å². The highest BCUT2D eigenvalue weighted by Crippen LogP contribution is 2.30. The standard InChI is InChI=1S/C26H24N2O5/c1-3-6-20-22(26(32)33)28-21(14-9-15(2)24(28)27-20)23(29)17-12-10-16(11-13-17)18-7-4-5-8-19(18)25(30)31/h4-5,7-14,23,29H,3,6H2,1-2H3,(H,30,31)(H,32,33). The number of hydrogen-bond donors (Lipinski definition) is 3. The van der Waals surface area contributed by atoms with E-state index < -0.39 is 18.0 Å². The van der Waals surface area contributed by atoms with Crippen LogP contribution in [0.25, 0.3) is 16.8 Å². The van der Waals surface area contributed by atoms with E-state index in [4.69, 9.17) is 0 Å². The van der Waals surface area contributed by atoms with E-state index in [-0.39, 0.29) is 11.3 Å². The van der Waals surface area contributed by atoms with Crippen LogP contribution in [0.1, 0.15) is 62.8 Å². The summed E-state index contributed by atoms with van der Waals surface area (Å²) in [5.74, 6) is -2.11. The molecule has 0 saturated heterocycles. The maximum Gasteiger partial charge on any atom is 0.354 e. The molecule has 0 bridgehead atoms. The second kappa shape index (κ2) is 8.88. The molecule has 0 amide bonds. The van der Waals surface area contributed by atoms with E-state index in [0.29, 0.717) is 40.1 Å². The molecule has 33 heavy (non-hydrogen) atoms. The topological polar surface area (TPSA) is 112 Å². The number of imidazole rings is 1. The predicted octanol–water partition coefficient (Wildman–Crippen LogP) is 4.74. The number of benzene rings is 2. The zero-order valence-corrected chi connectivity index (χ0v) is 18.3. The number of aryl methyl sites for hydroxylation is 2. The fourth-order valence-electron chi connectivity index (χ4n) is 4.12. The zero-order chi connectivity index (χ0) is 23.7. The molecule has 0 aliphatic heterocycles. The molecule has 7 heteroatoms. The molecule has 0 fully saturated rings. The van der Waals surface area contributed by atoms with Crippen LogP contribution in [-0.2, 0) is 6.42 Å². The first-order valence-corrected chi connectivity index (χ1v) is 10.7. The number of aromatic carboxylic acids is 2. The molecule has 0 aliphatic rings. The largest absolute Gasteiger partial charge is 0.478 e. The molecule has 7 nitrogen and oxygen atoms in total. The summed E-state index contributed by atoms with van der Waals surface area (Å²) in [6.45, 7) is 3.82. The number of fused-ring (bicyclic) bond motifs is 1. The summed E-state index contributed by atoms with van der Waals surface area (Å²) in [7, 11) is 0. The van der Waals surface area contributed by atoms with Crippen molar-refractivity contribution in [1.29, 1.82) is 0 Å². The van der Waals surface area contributed by atoms with Gasteiger partial charge in [-0.2, -0.15) is 0 Å². The van der Waals surface area contributed by atoms with Crippen molar-refractivity contribution in [3.05, 3.63) is 94.4 Å². The highest BCUT2D eigenvalue weighted by molar-refractivity contribution is 5.96. The smallest absolute Gasteiger partial charge is 0.354 e. The number of carboxylic acids is 2. The number of aromatic nitrogens is 2. The lowest BCUT2D eigenvalue weighted by molar-refractivity contribution is 0.0680. The maximum atomic E-state index is 12.1. The molecule has 2 heterocycles. The molecule has 4 rings (SSSR count). The lowest BCUT2D eigenvalue weighted by Gasteiger charge is -2.16.